The van der Waals surface area contributed by atoms with Crippen molar-refractivity contribution in [3.05, 3.63) is 23.0 Å². The zero-order valence-corrected chi connectivity index (χ0v) is 14.2. The van der Waals surface area contributed by atoms with Crippen LogP contribution in [-0.2, 0) is 9.53 Å². The van der Waals surface area contributed by atoms with E-state index in [2.05, 4.69) is 20.3 Å². The molecule has 1 amide bonds. The zero-order chi connectivity index (χ0) is 18.8. The molecule has 0 aromatic carbocycles. The number of aromatic nitrogens is 4. The van der Waals surface area contributed by atoms with E-state index in [-0.39, 0.29) is 11.2 Å². The number of rotatable bonds is 6. The van der Waals surface area contributed by atoms with Gasteiger partial charge in [0.2, 0.25) is 5.91 Å². The molecule has 11 heteroatoms. The fraction of sp³-hybridized carbons (Fsp3) is 0.600. The van der Waals surface area contributed by atoms with Crippen LogP contribution in [0.25, 0.3) is 11.2 Å². The molecule has 5 unspecified atom stereocenters. The van der Waals surface area contributed by atoms with Crippen molar-refractivity contribution in [2.75, 3.05) is 6.61 Å². The third-order valence-electron chi connectivity index (χ3n) is 4.43. The van der Waals surface area contributed by atoms with Crippen LogP contribution < -0.4 is 16.6 Å². The van der Waals surface area contributed by atoms with Gasteiger partial charge in [-0.05, 0) is 6.42 Å². The van der Waals surface area contributed by atoms with Crippen LogP contribution in [0.1, 0.15) is 26.0 Å². The van der Waals surface area contributed by atoms with E-state index in [0.717, 1.165) is 6.42 Å². The number of aliphatic hydroxyl groups is 2. The number of ether oxygens (including phenoxy) is 1. The molecule has 26 heavy (non-hydrogen) atoms. The van der Waals surface area contributed by atoms with E-state index in [1.165, 1.54) is 17.2 Å². The molecular formula is C15H22N6O5. The number of fused-ring (bicyclic) bond motifs is 1. The summed E-state index contributed by atoms with van der Waals surface area (Å²) in [5.74, 6) is -0.432. The van der Waals surface area contributed by atoms with Gasteiger partial charge in [0.15, 0.2) is 17.4 Å². The lowest BCUT2D eigenvalue weighted by Gasteiger charge is -2.24. The molecule has 11 nitrogen and oxygen atoms in total. The summed E-state index contributed by atoms with van der Waals surface area (Å²) in [4.78, 5) is 34.6. The molecule has 0 saturated carbocycles. The number of hydrogen-bond donors (Lipinski definition) is 5. The normalized spacial score (nSPS) is 26.9. The van der Waals surface area contributed by atoms with Gasteiger partial charge in [-0.25, -0.2) is 9.97 Å². The van der Waals surface area contributed by atoms with E-state index in [0.29, 0.717) is 6.42 Å². The van der Waals surface area contributed by atoms with Crippen LogP contribution in [0.2, 0.25) is 0 Å². The van der Waals surface area contributed by atoms with Gasteiger partial charge in [-0.2, -0.15) is 0 Å². The highest BCUT2D eigenvalue weighted by atomic mass is 16.5. The van der Waals surface area contributed by atoms with Gasteiger partial charge >= 0.3 is 0 Å². The maximum Gasteiger partial charge on any atom is 0.278 e. The minimum atomic E-state index is -1.16. The third kappa shape index (κ3) is 3.21. The number of carbonyl (C=O) groups excluding carboxylic acids is 1. The zero-order valence-electron chi connectivity index (χ0n) is 14.2. The maximum atomic E-state index is 12.3. The number of hydrogen-bond acceptors (Lipinski definition) is 8. The van der Waals surface area contributed by atoms with Gasteiger partial charge in [-0.3, -0.25) is 14.2 Å². The van der Waals surface area contributed by atoms with Crippen LogP contribution in [0.15, 0.2) is 17.4 Å². The Labute approximate surface area is 148 Å². The van der Waals surface area contributed by atoms with Crippen molar-refractivity contribution in [2.45, 2.75) is 50.3 Å². The molecule has 142 valence electrons. The summed E-state index contributed by atoms with van der Waals surface area (Å²) in [5.41, 5.74) is 5.75. The second-order valence-corrected chi connectivity index (χ2v) is 6.22. The van der Waals surface area contributed by atoms with Gasteiger partial charge < -0.3 is 31.0 Å². The van der Waals surface area contributed by atoms with Crippen LogP contribution in [0, 0.1) is 0 Å². The second kappa shape index (κ2) is 7.50. The quantitative estimate of drug-likeness (QED) is 0.390. The highest BCUT2D eigenvalue weighted by Crippen LogP contribution is 2.31. The Morgan fingerprint density at radius 2 is 2.31 bits per heavy atom. The van der Waals surface area contributed by atoms with Gasteiger partial charge in [0, 0.05) is 0 Å². The molecule has 1 fully saturated rings. The Morgan fingerprint density at radius 1 is 1.54 bits per heavy atom. The van der Waals surface area contributed by atoms with E-state index >= 15 is 0 Å². The van der Waals surface area contributed by atoms with Gasteiger partial charge in [0.05, 0.1) is 25.3 Å². The number of nitrogens with two attached hydrogens (primary N) is 1. The first-order valence-corrected chi connectivity index (χ1v) is 8.38. The van der Waals surface area contributed by atoms with Gasteiger partial charge in [-0.1, -0.05) is 13.3 Å². The number of aliphatic hydroxyl groups excluding tert-OH is 2. The fourth-order valence-corrected chi connectivity index (χ4v) is 3.05. The van der Waals surface area contributed by atoms with Gasteiger partial charge in [0.1, 0.15) is 18.2 Å². The third-order valence-corrected chi connectivity index (χ3v) is 4.43. The maximum absolute atomic E-state index is 12.3. The summed E-state index contributed by atoms with van der Waals surface area (Å²) < 4.78 is 7.13. The molecule has 0 aliphatic carbocycles. The lowest BCUT2D eigenvalue weighted by molar-refractivity contribution is -0.124. The molecule has 3 rings (SSSR count). The summed E-state index contributed by atoms with van der Waals surface area (Å²) in [6.07, 6.45) is 0.820. The van der Waals surface area contributed by atoms with Crippen LogP contribution in [0.3, 0.4) is 0 Å². The van der Waals surface area contributed by atoms with Crippen molar-refractivity contribution in [1.82, 2.24) is 24.8 Å². The summed E-state index contributed by atoms with van der Waals surface area (Å²) in [6.45, 7) is 1.47. The highest BCUT2D eigenvalue weighted by Gasteiger charge is 2.46. The number of carbonyl (C=O) groups is 1. The van der Waals surface area contributed by atoms with Crippen LogP contribution in [0.5, 0.6) is 0 Å². The summed E-state index contributed by atoms with van der Waals surface area (Å²) in [5, 5.41) is 22.6. The number of amides is 1. The molecule has 0 radical (unpaired) electrons. The number of nitrogens with one attached hydrogen (secondary N) is 2. The molecule has 0 spiro atoms. The predicted octanol–water partition coefficient (Wildman–Crippen LogP) is -2.02. The van der Waals surface area contributed by atoms with E-state index in [1.54, 1.807) is 0 Å². The predicted molar refractivity (Wildman–Crippen MR) is 90.0 cm³/mol. The second-order valence-electron chi connectivity index (χ2n) is 6.22. The number of aromatic amines is 1. The molecule has 6 N–H and O–H groups in total. The Bertz CT molecular complexity index is 835. The minimum absolute atomic E-state index is 0.103. The molecule has 5 atom stereocenters. The van der Waals surface area contributed by atoms with Crippen molar-refractivity contribution in [3.8, 4) is 0 Å². The average Bonchev–Trinajstić information content (AvgIpc) is 3.18. The van der Waals surface area contributed by atoms with Crippen LogP contribution in [-0.4, -0.2) is 66.5 Å². The molecule has 2 aromatic rings. The highest BCUT2D eigenvalue weighted by molar-refractivity contribution is 5.82. The molecule has 2 aromatic heterocycles. The van der Waals surface area contributed by atoms with Crippen molar-refractivity contribution >= 4 is 17.1 Å². The van der Waals surface area contributed by atoms with Crippen LogP contribution in [0.4, 0.5) is 0 Å². The minimum Gasteiger partial charge on any atom is -0.394 e. The Morgan fingerprint density at radius 3 is 3.00 bits per heavy atom. The van der Waals surface area contributed by atoms with Crippen molar-refractivity contribution in [1.29, 1.82) is 0 Å². The first-order chi connectivity index (χ1) is 12.5. The summed E-state index contributed by atoms with van der Waals surface area (Å²) >= 11 is 0. The monoisotopic (exact) mass is 366 g/mol. The molecule has 3 heterocycles. The molecule has 1 aliphatic rings. The van der Waals surface area contributed by atoms with Crippen LogP contribution >= 0.6 is 0 Å². The fourth-order valence-electron chi connectivity index (χ4n) is 3.05. The Hall–Kier alpha value is -2.34. The average molecular weight is 366 g/mol. The largest absolute Gasteiger partial charge is 0.394 e. The molecule has 1 aliphatic heterocycles. The van der Waals surface area contributed by atoms with E-state index < -0.39 is 48.6 Å². The SMILES string of the molecule is CCCC(N)C(=O)NC1C(O)C(CO)OC1n1cnc2c(=O)[nH]cnc21. The van der Waals surface area contributed by atoms with Crippen molar-refractivity contribution < 1.29 is 19.7 Å². The van der Waals surface area contributed by atoms with Gasteiger partial charge in [-0.15, -0.1) is 0 Å². The van der Waals surface area contributed by atoms with Gasteiger partial charge in [0.25, 0.3) is 5.56 Å². The first kappa shape index (κ1) is 18.5. The first-order valence-electron chi connectivity index (χ1n) is 8.38. The number of nitrogens with zero attached hydrogens (tertiary/aromatic N) is 3. The summed E-state index contributed by atoms with van der Waals surface area (Å²) in [6, 6.07) is -1.61. The standard InChI is InChI=1S/C15H22N6O5/c1-2-3-7(16)13(24)20-9-11(23)8(4-22)26-15(9)21-6-19-10-12(21)17-5-18-14(10)25/h5-9,11,15,22-23H,2-4,16H2,1H3,(H,20,24)(H,17,18,25). The molecule has 0 bridgehead atoms. The topological polar surface area (TPSA) is 168 Å². The number of imidazole rings is 1. The Balaban J connectivity index is 1.93. The van der Waals surface area contributed by atoms with E-state index in [9.17, 15) is 19.8 Å². The lowest BCUT2D eigenvalue weighted by Crippen LogP contribution is -2.51. The molecule has 1 saturated heterocycles. The van der Waals surface area contributed by atoms with E-state index in [1.807, 2.05) is 6.92 Å². The summed E-state index contributed by atoms with van der Waals surface area (Å²) in [7, 11) is 0. The van der Waals surface area contributed by atoms with E-state index in [4.69, 9.17) is 10.5 Å². The smallest absolute Gasteiger partial charge is 0.278 e. The molecular weight excluding hydrogens is 344 g/mol. The Kier molecular flexibility index (Phi) is 5.32. The number of H-pyrrole nitrogens is 1. The lowest BCUT2D eigenvalue weighted by atomic mass is 10.1. The van der Waals surface area contributed by atoms with Crippen molar-refractivity contribution in [3.63, 3.8) is 0 Å². The van der Waals surface area contributed by atoms with Crippen molar-refractivity contribution in [2.24, 2.45) is 5.73 Å².